The minimum atomic E-state index is -0.975. The number of aromatic nitrogens is 1. The Morgan fingerprint density at radius 2 is 1.81 bits per heavy atom. The van der Waals surface area contributed by atoms with Crippen molar-refractivity contribution in [3.05, 3.63) is 95.3 Å². The van der Waals surface area contributed by atoms with Crippen LogP contribution in [-0.4, -0.2) is 27.5 Å². The summed E-state index contributed by atoms with van der Waals surface area (Å²) in [5.74, 6) is -0.0393. The summed E-state index contributed by atoms with van der Waals surface area (Å²) in [6.45, 7) is 6.57. The van der Waals surface area contributed by atoms with Crippen molar-refractivity contribution in [1.29, 1.82) is 0 Å². The molecule has 0 saturated carbocycles. The molecule has 0 saturated heterocycles. The lowest BCUT2D eigenvalue weighted by atomic mass is 10.00. The predicted molar refractivity (Wildman–Crippen MR) is 126 cm³/mol. The van der Waals surface area contributed by atoms with Crippen molar-refractivity contribution < 1.29 is 19.4 Å². The van der Waals surface area contributed by atoms with Crippen molar-refractivity contribution in [2.45, 2.75) is 45.8 Å². The van der Waals surface area contributed by atoms with Gasteiger partial charge in [-0.15, -0.1) is 0 Å². The van der Waals surface area contributed by atoms with E-state index in [0.29, 0.717) is 35.9 Å². The topological polar surface area (TPSA) is 68.5 Å². The highest BCUT2D eigenvalue weighted by Gasteiger charge is 2.16. The van der Waals surface area contributed by atoms with E-state index in [-0.39, 0.29) is 5.78 Å². The second kappa shape index (κ2) is 10.6. The zero-order chi connectivity index (χ0) is 23.1. The number of carbonyl (C=O) groups is 2. The van der Waals surface area contributed by atoms with Gasteiger partial charge in [0, 0.05) is 18.3 Å². The van der Waals surface area contributed by atoms with E-state index < -0.39 is 12.1 Å². The molecule has 0 unspecified atom stereocenters. The lowest BCUT2D eigenvalue weighted by Crippen LogP contribution is -2.25. The van der Waals surface area contributed by atoms with Crippen LogP contribution in [0.5, 0.6) is 5.75 Å². The third-order valence-electron chi connectivity index (χ3n) is 5.30. The first-order chi connectivity index (χ1) is 15.4. The summed E-state index contributed by atoms with van der Waals surface area (Å²) in [4.78, 5) is 24.2. The quantitative estimate of drug-likeness (QED) is 0.412. The van der Waals surface area contributed by atoms with E-state index in [9.17, 15) is 14.7 Å². The molecule has 166 valence electrons. The Bertz CT molecular complexity index is 1090. The van der Waals surface area contributed by atoms with Crippen LogP contribution < -0.4 is 4.74 Å². The second-order valence-corrected chi connectivity index (χ2v) is 7.98. The van der Waals surface area contributed by atoms with Crippen LogP contribution in [0.4, 0.5) is 0 Å². The Hall–Kier alpha value is -3.60. The first-order valence-corrected chi connectivity index (χ1v) is 10.8. The molecule has 5 nitrogen and oxygen atoms in total. The van der Waals surface area contributed by atoms with Gasteiger partial charge in [0.25, 0.3) is 0 Å². The fraction of sp³-hybridized carbons (Fsp3) is 0.259. The average molecular weight is 432 g/mol. The largest absolute Gasteiger partial charge is 0.479 e. The molecular weight excluding hydrogens is 402 g/mol. The van der Waals surface area contributed by atoms with E-state index in [4.69, 9.17) is 4.74 Å². The molecule has 2 aromatic carbocycles. The van der Waals surface area contributed by atoms with Gasteiger partial charge >= 0.3 is 5.97 Å². The molecule has 1 heterocycles. The molecule has 0 spiro atoms. The number of rotatable bonds is 10. The molecule has 0 aliphatic carbocycles. The van der Waals surface area contributed by atoms with Crippen LogP contribution >= 0.6 is 0 Å². The van der Waals surface area contributed by atoms with Gasteiger partial charge in [0.2, 0.25) is 5.78 Å². The van der Waals surface area contributed by atoms with Crippen LogP contribution in [0.15, 0.2) is 72.9 Å². The molecule has 3 rings (SSSR count). The van der Waals surface area contributed by atoms with Crippen molar-refractivity contribution in [1.82, 2.24) is 4.57 Å². The second-order valence-electron chi connectivity index (χ2n) is 7.98. The molecule has 1 atom stereocenters. The van der Waals surface area contributed by atoms with Gasteiger partial charge in [0.15, 0.2) is 6.10 Å². The van der Waals surface area contributed by atoms with Gasteiger partial charge in [0.1, 0.15) is 5.75 Å². The minimum Gasteiger partial charge on any atom is -0.479 e. The van der Waals surface area contributed by atoms with Gasteiger partial charge in [-0.1, -0.05) is 69.3 Å². The minimum absolute atomic E-state index is 0.00613. The first kappa shape index (κ1) is 23.1. The fourth-order valence-corrected chi connectivity index (χ4v) is 3.41. The lowest BCUT2D eigenvalue weighted by molar-refractivity contribution is -0.145. The summed E-state index contributed by atoms with van der Waals surface area (Å²) in [7, 11) is 0. The number of aliphatic carboxylic acids is 1. The maximum atomic E-state index is 13.0. The molecule has 0 aliphatic heterocycles. The van der Waals surface area contributed by atoms with Gasteiger partial charge in [-0.3, -0.25) is 4.79 Å². The summed E-state index contributed by atoms with van der Waals surface area (Å²) < 4.78 is 7.47. The third kappa shape index (κ3) is 5.76. The molecule has 5 heteroatoms. The van der Waals surface area contributed by atoms with E-state index in [1.165, 1.54) is 5.56 Å². The maximum Gasteiger partial charge on any atom is 0.344 e. The highest BCUT2D eigenvalue weighted by Crippen LogP contribution is 2.19. The molecule has 0 bridgehead atoms. The van der Waals surface area contributed by atoms with Crippen LogP contribution in [0.2, 0.25) is 0 Å². The van der Waals surface area contributed by atoms with Crippen molar-refractivity contribution in [3.63, 3.8) is 0 Å². The fourth-order valence-electron chi connectivity index (χ4n) is 3.41. The van der Waals surface area contributed by atoms with Crippen molar-refractivity contribution in [2.75, 3.05) is 0 Å². The molecule has 0 aliphatic rings. The summed E-state index contributed by atoms with van der Waals surface area (Å²) in [5, 5.41) is 9.17. The molecule has 3 aromatic rings. The molecule has 1 aromatic heterocycles. The predicted octanol–water partition coefficient (Wildman–Crippen LogP) is 5.80. The van der Waals surface area contributed by atoms with E-state index in [1.807, 2.05) is 71.4 Å². The highest BCUT2D eigenvalue weighted by molar-refractivity contribution is 6.08. The summed E-state index contributed by atoms with van der Waals surface area (Å²) >= 11 is 0. The van der Waals surface area contributed by atoms with Gasteiger partial charge in [-0.05, 0) is 47.7 Å². The van der Waals surface area contributed by atoms with E-state index >= 15 is 0 Å². The SMILES string of the molecule is CC[C@H](Oc1cccc(/C=C/Cn2cccc2C(=O)c2ccc(C(C)C)cc2)c1)C(=O)O. The van der Waals surface area contributed by atoms with Gasteiger partial charge < -0.3 is 14.4 Å². The van der Waals surface area contributed by atoms with E-state index in [2.05, 4.69) is 13.8 Å². The number of nitrogens with zero attached hydrogens (tertiary/aromatic N) is 1. The molecular formula is C27H29NO4. The zero-order valence-electron chi connectivity index (χ0n) is 18.7. The smallest absolute Gasteiger partial charge is 0.344 e. The third-order valence-corrected chi connectivity index (χ3v) is 5.30. The number of hydrogen-bond acceptors (Lipinski definition) is 3. The maximum absolute atomic E-state index is 13.0. The summed E-state index contributed by atoms with van der Waals surface area (Å²) in [5.41, 5.74) is 3.41. The number of carboxylic acid groups (broad SMARTS) is 1. The number of hydrogen-bond donors (Lipinski definition) is 1. The van der Waals surface area contributed by atoms with Gasteiger partial charge in [0.05, 0.1) is 5.69 Å². The molecule has 0 radical (unpaired) electrons. The van der Waals surface area contributed by atoms with Crippen LogP contribution in [0, 0.1) is 0 Å². The Labute approximate surface area is 189 Å². The molecule has 0 amide bonds. The van der Waals surface area contributed by atoms with Crippen molar-refractivity contribution in [3.8, 4) is 5.75 Å². The summed E-state index contributed by atoms with van der Waals surface area (Å²) in [6.07, 6.45) is 5.31. The van der Waals surface area contributed by atoms with Crippen LogP contribution in [0.25, 0.3) is 6.08 Å². The van der Waals surface area contributed by atoms with Crippen LogP contribution in [0.3, 0.4) is 0 Å². The molecule has 0 fully saturated rings. The van der Waals surface area contributed by atoms with Crippen LogP contribution in [0.1, 0.15) is 60.3 Å². The standard InChI is InChI=1S/C27H29NO4/c1-4-25(27(30)31)32-23-10-5-8-20(18-23)9-6-16-28-17-7-11-24(28)26(29)22-14-12-21(13-15-22)19(2)3/h5-15,17-19,25H,4,16H2,1-3H3,(H,30,31)/b9-6+/t25-/m0/s1. The zero-order valence-corrected chi connectivity index (χ0v) is 18.7. The number of allylic oxidation sites excluding steroid dienone is 1. The summed E-state index contributed by atoms with van der Waals surface area (Å²) in [6, 6.07) is 18.8. The number of ketones is 1. The number of benzene rings is 2. The Balaban J connectivity index is 1.68. The average Bonchev–Trinajstić information content (AvgIpc) is 3.25. The Morgan fingerprint density at radius 3 is 2.47 bits per heavy atom. The number of ether oxygens (including phenoxy) is 1. The van der Waals surface area contributed by atoms with Gasteiger partial charge in [-0.25, -0.2) is 4.79 Å². The molecule has 32 heavy (non-hydrogen) atoms. The monoisotopic (exact) mass is 431 g/mol. The first-order valence-electron chi connectivity index (χ1n) is 10.8. The number of carbonyl (C=O) groups excluding carboxylic acids is 1. The molecule has 1 N–H and O–H groups in total. The highest BCUT2D eigenvalue weighted by atomic mass is 16.5. The Morgan fingerprint density at radius 1 is 1.06 bits per heavy atom. The normalized spacial score (nSPS) is 12.2. The van der Waals surface area contributed by atoms with E-state index in [0.717, 1.165) is 5.56 Å². The van der Waals surface area contributed by atoms with Gasteiger partial charge in [-0.2, -0.15) is 0 Å². The Kier molecular flexibility index (Phi) is 7.66. The van der Waals surface area contributed by atoms with Crippen LogP contribution in [-0.2, 0) is 11.3 Å². The number of carboxylic acids is 1. The van der Waals surface area contributed by atoms with E-state index in [1.54, 1.807) is 19.1 Å². The lowest BCUT2D eigenvalue weighted by Gasteiger charge is -2.13. The van der Waals surface area contributed by atoms with Crippen molar-refractivity contribution in [2.24, 2.45) is 0 Å². The van der Waals surface area contributed by atoms with Crippen molar-refractivity contribution >= 4 is 17.8 Å².